The molecule has 0 radical (unpaired) electrons. The van der Waals surface area contributed by atoms with Gasteiger partial charge in [-0.3, -0.25) is 4.79 Å². The molecule has 0 bridgehead atoms. The number of carbonyl (C=O) groups excluding carboxylic acids is 1. The summed E-state index contributed by atoms with van der Waals surface area (Å²) in [6.45, 7) is 2.49. The first-order chi connectivity index (χ1) is 11.8. The molecule has 1 saturated heterocycles. The normalized spacial score (nSPS) is 14.8. The van der Waals surface area contributed by atoms with Crippen LogP contribution in [0.3, 0.4) is 0 Å². The third-order valence-corrected chi connectivity index (χ3v) is 4.00. The van der Waals surface area contributed by atoms with Crippen molar-refractivity contribution in [2.45, 2.75) is 0 Å². The van der Waals surface area contributed by atoms with Crippen LogP contribution in [0, 0.1) is 0 Å². The number of fused-ring (bicyclic) bond motifs is 1. The van der Waals surface area contributed by atoms with E-state index in [1.807, 2.05) is 46.0 Å². The van der Waals surface area contributed by atoms with E-state index in [4.69, 9.17) is 4.74 Å². The van der Waals surface area contributed by atoms with E-state index in [1.165, 1.54) is 0 Å². The zero-order valence-corrected chi connectivity index (χ0v) is 13.1. The van der Waals surface area contributed by atoms with Gasteiger partial charge in [0.2, 0.25) is 0 Å². The lowest BCUT2D eigenvalue weighted by Gasteiger charge is -2.26. The predicted octanol–water partition coefficient (Wildman–Crippen LogP) is 1.95. The number of morpholine rings is 1. The number of carbonyl (C=O) groups is 1. The Hall–Kier alpha value is -2.93. The van der Waals surface area contributed by atoms with Gasteiger partial charge in [0.1, 0.15) is 0 Å². The molecule has 7 nitrogen and oxygen atoms in total. The highest BCUT2D eigenvalue weighted by atomic mass is 16.5. The number of rotatable bonds is 3. The van der Waals surface area contributed by atoms with Crippen molar-refractivity contribution in [3.63, 3.8) is 0 Å². The first-order valence-corrected chi connectivity index (χ1v) is 7.83. The summed E-state index contributed by atoms with van der Waals surface area (Å²) in [5.41, 5.74) is 2.29. The molecule has 3 aromatic rings. The highest BCUT2D eigenvalue weighted by molar-refractivity contribution is 5.94. The second kappa shape index (κ2) is 6.29. The number of benzene rings is 1. The van der Waals surface area contributed by atoms with Gasteiger partial charge in [-0.25, -0.2) is 9.97 Å². The zero-order chi connectivity index (χ0) is 16.4. The fourth-order valence-electron chi connectivity index (χ4n) is 2.72. The van der Waals surface area contributed by atoms with Gasteiger partial charge in [-0.15, -0.1) is 0 Å². The predicted molar refractivity (Wildman–Crippen MR) is 89.4 cm³/mol. The van der Waals surface area contributed by atoms with E-state index in [-0.39, 0.29) is 5.91 Å². The maximum absolute atomic E-state index is 12.4. The van der Waals surface area contributed by atoms with E-state index in [1.54, 1.807) is 12.4 Å². The monoisotopic (exact) mass is 323 g/mol. The van der Waals surface area contributed by atoms with Crippen LogP contribution in [0.5, 0.6) is 0 Å². The number of hydrogen-bond donors (Lipinski definition) is 1. The van der Waals surface area contributed by atoms with Gasteiger partial charge in [0, 0.05) is 49.1 Å². The molecule has 1 aromatic carbocycles. The van der Waals surface area contributed by atoms with Gasteiger partial charge in [0.05, 0.1) is 13.2 Å². The maximum Gasteiger partial charge on any atom is 0.254 e. The van der Waals surface area contributed by atoms with Crippen LogP contribution in [-0.2, 0) is 4.74 Å². The van der Waals surface area contributed by atoms with Gasteiger partial charge in [-0.1, -0.05) is 0 Å². The van der Waals surface area contributed by atoms with Gasteiger partial charge < -0.3 is 19.4 Å². The SMILES string of the molecule is O=C(c1ccc(Nc2nccn3ccnc23)cc1)N1CCOCC1. The second-order valence-electron chi connectivity index (χ2n) is 5.54. The molecule has 0 atom stereocenters. The Morgan fingerprint density at radius 3 is 2.50 bits per heavy atom. The molecule has 1 aliphatic heterocycles. The van der Waals surface area contributed by atoms with Crippen molar-refractivity contribution in [2.24, 2.45) is 0 Å². The highest BCUT2D eigenvalue weighted by Crippen LogP contribution is 2.19. The van der Waals surface area contributed by atoms with E-state index in [2.05, 4.69) is 15.3 Å². The number of amides is 1. The maximum atomic E-state index is 12.4. The summed E-state index contributed by atoms with van der Waals surface area (Å²) in [6.07, 6.45) is 7.16. The Balaban J connectivity index is 1.51. The number of anilines is 2. The third kappa shape index (κ3) is 2.81. The Labute approximate surface area is 138 Å². The van der Waals surface area contributed by atoms with Crippen LogP contribution in [0.2, 0.25) is 0 Å². The van der Waals surface area contributed by atoms with Crippen LogP contribution in [0.1, 0.15) is 10.4 Å². The number of imidazole rings is 1. The molecule has 3 heterocycles. The van der Waals surface area contributed by atoms with Gasteiger partial charge in [0.15, 0.2) is 11.5 Å². The van der Waals surface area contributed by atoms with Crippen molar-refractivity contribution in [1.82, 2.24) is 19.3 Å². The molecule has 0 aliphatic carbocycles. The molecule has 122 valence electrons. The Morgan fingerprint density at radius 2 is 1.75 bits per heavy atom. The quantitative estimate of drug-likeness (QED) is 0.797. The topological polar surface area (TPSA) is 71.8 Å². The molecule has 24 heavy (non-hydrogen) atoms. The average molecular weight is 323 g/mol. The summed E-state index contributed by atoms with van der Waals surface area (Å²) in [5.74, 6) is 0.716. The highest BCUT2D eigenvalue weighted by Gasteiger charge is 2.18. The number of nitrogens with one attached hydrogen (secondary N) is 1. The van der Waals surface area contributed by atoms with Crippen LogP contribution in [0.25, 0.3) is 5.65 Å². The van der Waals surface area contributed by atoms with Crippen molar-refractivity contribution in [1.29, 1.82) is 0 Å². The standard InChI is InChI=1S/C17H17N5O2/c23-17(22-9-11-24-12-10-22)13-1-3-14(4-2-13)20-15-16-19-6-8-21(16)7-5-18-15/h1-8H,9-12H2,(H,18,20). The first kappa shape index (κ1) is 14.6. The third-order valence-electron chi connectivity index (χ3n) is 4.00. The van der Waals surface area contributed by atoms with E-state index in [9.17, 15) is 4.79 Å². The average Bonchev–Trinajstić information content (AvgIpc) is 3.12. The molecule has 1 aliphatic rings. The minimum absolute atomic E-state index is 0.0401. The molecule has 1 N–H and O–H groups in total. The summed E-state index contributed by atoms with van der Waals surface area (Å²) in [4.78, 5) is 22.9. The van der Waals surface area contributed by atoms with Crippen LogP contribution >= 0.6 is 0 Å². The number of nitrogens with zero attached hydrogens (tertiary/aromatic N) is 4. The minimum Gasteiger partial charge on any atom is -0.378 e. The van der Waals surface area contributed by atoms with Gasteiger partial charge in [0.25, 0.3) is 5.91 Å². The van der Waals surface area contributed by atoms with Crippen LogP contribution in [0.4, 0.5) is 11.5 Å². The fraction of sp³-hybridized carbons (Fsp3) is 0.235. The van der Waals surface area contributed by atoms with Crippen molar-refractivity contribution in [3.05, 3.63) is 54.6 Å². The smallest absolute Gasteiger partial charge is 0.254 e. The number of hydrogen-bond acceptors (Lipinski definition) is 5. The molecule has 4 rings (SSSR count). The summed E-state index contributed by atoms with van der Waals surface area (Å²) in [5, 5.41) is 3.24. The van der Waals surface area contributed by atoms with Gasteiger partial charge in [-0.2, -0.15) is 0 Å². The Kier molecular flexibility index (Phi) is 3.84. The van der Waals surface area contributed by atoms with E-state index in [0.29, 0.717) is 37.7 Å². The van der Waals surface area contributed by atoms with E-state index in [0.717, 1.165) is 11.3 Å². The van der Waals surface area contributed by atoms with Crippen molar-refractivity contribution < 1.29 is 9.53 Å². The molecule has 1 fully saturated rings. The molecule has 0 saturated carbocycles. The molecule has 7 heteroatoms. The molecule has 1 amide bonds. The minimum atomic E-state index is 0.0401. The molecular formula is C17H17N5O2. The Morgan fingerprint density at radius 1 is 1.04 bits per heavy atom. The lowest BCUT2D eigenvalue weighted by atomic mass is 10.1. The number of aromatic nitrogens is 3. The van der Waals surface area contributed by atoms with E-state index < -0.39 is 0 Å². The van der Waals surface area contributed by atoms with E-state index >= 15 is 0 Å². The summed E-state index contributed by atoms with van der Waals surface area (Å²) in [7, 11) is 0. The Bertz CT molecular complexity index is 853. The largest absolute Gasteiger partial charge is 0.378 e. The van der Waals surface area contributed by atoms with Crippen molar-refractivity contribution in [3.8, 4) is 0 Å². The second-order valence-corrected chi connectivity index (χ2v) is 5.54. The van der Waals surface area contributed by atoms with Crippen LogP contribution < -0.4 is 5.32 Å². The molecule has 0 spiro atoms. The summed E-state index contributed by atoms with van der Waals surface area (Å²) < 4.78 is 7.18. The first-order valence-electron chi connectivity index (χ1n) is 7.83. The lowest BCUT2D eigenvalue weighted by molar-refractivity contribution is 0.0303. The summed E-state index contributed by atoms with van der Waals surface area (Å²) >= 11 is 0. The van der Waals surface area contributed by atoms with Gasteiger partial charge in [-0.05, 0) is 24.3 Å². The van der Waals surface area contributed by atoms with Gasteiger partial charge >= 0.3 is 0 Å². The molecule has 0 unspecified atom stereocenters. The molecular weight excluding hydrogens is 306 g/mol. The molecule has 2 aromatic heterocycles. The lowest BCUT2D eigenvalue weighted by Crippen LogP contribution is -2.40. The van der Waals surface area contributed by atoms with Crippen LogP contribution in [-0.4, -0.2) is 51.5 Å². The van der Waals surface area contributed by atoms with Crippen LogP contribution in [0.15, 0.2) is 49.1 Å². The summed E-state index contributed by atoms with van der Waals surface area (Å²) in [6, 6.07) is 7.40. The van der Waals surface area contributed by atoms with Crippen molar-refractivity contribution >= 4 is 23.1 Å². The number of ether oxygens (including phenoxy) is 1. The zero-order valence-electron chi connectivity index (χ0n) is 13.1. The fourth-order valence-corrected chi connectivity index (χ4v) is 2.72. The van der Waals surface area contributed by atoms with Crippen molar-refractivity contribution in [2.75, 3.05) is 31.6 Å².